The molecule has 0 amide bonds. The van der Waals surface area contributed by atoms with Crippen LogP contribution in [0.5, 0.6) is 0 Å². The molecule has 5 rings (SSSR count). The highest BCUT2D eigenvalue weighted by Crippen LogP contribution is 2.33. The quantitative estimate of drug-likeness (QED) is 0.557. The molecule has 0 fully saturated rings. The van der Waals surface area contributed by atoms with Gasteiger partial charge in [-0.15, -0.1) is 10.2 Å². The van der Waals surface area contributed by atoms with Crippen LogP contribution >= 0.6 is 0 Å². The van der Waals surface area contributed by atoms with Crippen LogP contribution in [-0.4, -0.2) is 24.5 Å². The van der Waals surface area contributed by atoms with Crippen molar-refractivity contribution in [2.75, 3.05) is 0 Å². The Morgan fingerprint density at radius 3 is 2.74 bits per heavy atom. The summed E-state index contributed by atoms with van der Waals surface area (Å²) in [5.41, 5.74) is 4.71. The first-order valence-corrected chi connectivity index (χ1v) is 9.36. The summed E-state index contributed by atoms with van der Waals surface area (Å²) < 4.78 is 7.98. The van der Waals surface area contributed by atoms with Gasteiger partial charge in [-0.05, 0) is 29.7 Å². The largest absolute Gasteiger partial charge is 0.424 e. The molecule has 136 valence electrons. The molecule has 0 N–H and O–H groups in total. The Kier molecular flexibility index (Phi) is 3.98. The van der Waals surface area contributed by atoms with Gasteiger partial charge in [0.25, 0.3) is 0 Å². The molecule has 0 saturated carbocycles. The maximum absolute atomic E-state index is 5.92. The molecule has 1 atom stereocenters. The zero-order valence-electron chi connectivity index (χ0n) is 15.2. The highest BCUT2D eigenvalue weighted by atomic mass is 16.4. The maximum Gasteiger partial charge on any atom is 0.233 e. The number of hydrogen-bond acceptors (Lipinski definition) is 5. The molecule has 0 aliphatic carbocycles. The van der Waals surface area contributed by atoms with Gasteiger partial charge in [-0.1, -0.05) is 37.3 Å². The number of aromatic nitrogens is 4. The third-order valence-corrected chi connectivity index (χ3v) is 5.19. The summed E-state index contributed by atoms with van der Waals surface area (Å²) in [5.74, 6) is 1.39. The predicted octanol–water partition coefficient (Wildman–Crippen LogP) is 3.58. The van der Waals surface area contributed by atoms with Crippen LogP contribution in [0.2, 0.25) is 0 Å². The van der Waals surface area contributed by atoms with Gasteiger partial charge < -0.3 is 8.82 Å². The Hall–Kier alpha value is -2.99. The summed E-state index contributed by atoms with van der Waals surface area (Å²) in [4.78, 5) is 7.15. The van der Waals surface area contributed by atoms with Crippen LogP contribution in [0.4, 0.5) is 0 Å². The van der Waals surface area contributed by atoms with Gasteiger partial charge >= 0.3 is 0 Å². The first kappa shape index (κ1) is 16.2. The SMILES string of the molecule is CCc1nnc(C2Cc3ccccc3CN2Cc2cn3ccccc3n2)o1. The van der Waals surface area contributed by atoms with Crippen molar-refractivity contribution in [3.63, 3.8) is 0 Å². The summed E-state index contributed by atoms with van der Waals surface area (Å²) in [6.07, 6.45) is 5.75. The predicted molar refractivity (Wildman–Crippen MR) is 101 cm³/mol. The lowest BCUT2D eigenvalue weighted by molar-refractivity contribution is 0.135. The minimum atomic E-state index is 0.0671. The van der Waals surface area contributed by atoms with E-state index in [0.717, 1.165) is 37.3 Å². The van der Waals surface area contributed by atoms with Crippen LogP contribution in [-0.2, 0) is 25.9 Å². The third kappa shape index (κ3) is 3.02. The molecule has 0 bridgehead atoms. The van der Waals surface area contributed by atoms with Crippen molar-refractivity contribution in [2.45, 2.75) is 38.9 Å². The normalized spacial score (nSPS) is 17.3. The molecular weight excluding hydrogens is 338 g/mol. The van der Waals surface area contributed by atoms with Crippen molar-refractivity contribution in [1.82, 2.24) is 24.5 Å². The van der Waals surface area contributed by atoms with Crippen molar-refractivity contribution >= 4 is 5.65 Å². The van der Waals surface area contributed by atoms with E-state index in [1.54, 1.807) is 0 Å². The van der Waals surface area contributed by atoms with Gasteiger partial charge in [0.1, 0.15) is 5.65 Å². The minimum absolute atomic E-state index is 0.0671. The van der Waals surface area contributed by atoms with E-state index in [4.69, 9.17) is 9.40 Å². The summed E-state index contributed by atoms with van der Waals surface area (Å²) in [7, 11) is 0. The van der Waals surface area contributed by atoms with Crippen LogP contribution < -0.4 is 0 Å². The number of hydrogen-bond donors (Lipinski definition) is 0. The molecular formula is C21H21N5O. The fourth-order valence-corrected chi connectivity index (χ4v) is 3.80. The molecule has 1 aliphatic rings. The van der Waals surface area contributed by atoms with Gasteiger partial charge in [-0.3, -0.25) is 4.90 Å². The molecule has 1 unspecified atom stereocenters. The Balaban J connectivity index is 1.50. The van der Waals surface area contributed by atoms with E-state index in [1.807, 2.05) is 31.3 Å². The smallest absolute Gasteiger partial charge is 0.233 e. The number of rotatable bonds is 4. The number of nitrogens with zero attached hydrogens (tertiary/aromatic N) is 5. The van der Waals surface area contributed by atoms with Gasteiger partial charge in [0.05, 0.1) is 11.7 Å². The average Bonchev–Trinajstić information content (AvgIpc) is 3.33. The van der Waals surface area contributed by atoms with Gasteiger partial charge in [-0.2, -0.15) is 0 Å². The topological polar surface area (TPSA) is 59.5 Å². The second-order valence-electron chi connectivity index (χ2n) is 6.98. The molecule has 6 heteroatoms. The van der Waals surface area contributed by atoms with Crippen molar-refractivity contribution in [3.8, 4) is 0 Å². The molecule has 0 radical (unpaired) electrons. The van der Waals surface area contributed by atoms with Gasteiger partial charge in [-0.25, -0.2) is 4.98 Å². The molecule has 3 aromatic heterocycles. The second kappa shape index (κ2) is 6.63. The van der Waals surface area contributed by atoms with E-state index in [9.17, 15) is 0 Å². The van der Waals surface area contributed by atoms with Crippen LogP contribution in [0.1, 0.15) is 41.6 Å². The maximum atomic E-state index is 5.92. The van der Waals surface area contributed by atoms with Crippen molar-refractivity contribution in [2.24, 2.45) is 0 Å². The molecule has 27 heavy (non-hydrogen) atoms. The van der Waals surface area contributed by atoms with E-state index >= 15 is 0 Å². The lowest BCUT2D eigenvalue weighted by atomic mass is 9.94. The van der Waals surface area contributed by atoms with Crippen LogP contribution in [0.15, 0.2) is 59.3 Å². The summed E-state index contributed by atoms with van der Waals surface area (Å²) in [6.45, 7) is 3.62. The first-order valence-electron chi connectivity index (χ1n) is 9.36. The molecule has 0 saturated heterocycles. The number of aryl methyl sites for hydroxylation is 1. The Morgan fingerprint density at radius 2 is 1.93 bits per heavy atom. The summed E-state index contributed by atoms with van der Waals surface area (Å²) in [6, 6.07) is 14.7. The van der Waals surface area contributed by atoms with Crippen molar-refractivity contribution in [3.05, 3.63) is 83.5 Å². The lowest BCUT2D eigenvalue weighted by Crippen LogP contribution is -2.34. The molecule has 1 aliphatic heterocycles. The van der Waals surface area contributed by atoms with E-state index in [-0.39, 0.29) is 6.04 Å². The number of imidazole rings is 1. The minimum Gasteiger partial charge on any atom is -0.424 e. The third-order valence-electron chi connectivity index (χ3n) is 5.19. The molecule has 4 heterocycles. The van der Waals surface area contributed by atoms with Crippen LogP contribution in [0, 0.1) is 0 Å². The highest BCUT2D eigenvalue weighted by molar-refractivity contribution is 5.39. The van der Waals surface area contributed by atoms with E-state index in [2.05, 4.69) is 50.0 Å². The average molecular weight is 359 g/mol. The lowest BCUT2D eigenvalue weighted by Gasteiger charge is -2.34. The molecule has 0 spiro atoms. The fraction of sp³-hybridized carbons (Fsp3) is 0.286. The number of pyridine rings is 1. The standard InChI is InChI=1S/C21H21N5O/c1-2-20-23-24-21(27-20)18-11-15-7-3-4-8-16(15)12-26(18)14-17-13-25-10-6-5-9-19(25)22-17/h3-10,13,18H,2,11-12,14H2,1H3. The van der Waals surface area contributed by atoms with Gasteiger partial charge in [0.15, 0.2) is 0 Å². The molecule has 4 aromatic rings. The molecule has 6 nitrogen and oxygen atoms in total. The highest BCUT2D eigenvalue weighted by Gasteiger charge is 2.31. The van der Waals surface area contributed by atoms with E-state index < -0.39 is 0 Å². The summed E-state index contributed by atoms with van der Waals surface area (Å²) in [5, 5.41) is 8.51. The summed E-state index contributed by atoms with van der Waals surface area (Å²) >= 11 is 0. The van der Waals surface area contributed by atoms with Gasteiger partial charge in [0.2, 0.25) is 11.8 Å². The monoisotopic (exact) mass is 359 g/mol. The van der Waals surface area contributed by atoms with E-state index in [0.29, 0.717) is 11.8 Å². The fourth-order valence-electron chi connectivity index (χ4n) is 3.80. The van der Waals surface area contributed by atoms with Crippen molar-refractivity contribution < 1.29 is 4.42 Å². The number of benzene rings is 1. The second-order valence-corrected chi connectivity index (χ2v) is 6.98. The Labute approximate surface area is 157 Å². The Bertz CT molecular complexity index is 1050. The van der Waals surface area contributed by atoms with Crippen molar-refractivity contribution in [1.29, 1.82) is 0 Å². The van der Waals surface area contributed by atoms with Crippen LogP contribution in [0.3, 0.4) is 0 Å². The van der Waals surface area contributed by atoms with E-state index in [1.165, 1.54) is 11.1 Å². The zero-order valence-corrected chi connectivity index (χ0v) is 15.2. The number of fused-ring (bicyclic) bond motifs is 2. The van der Waals surface area contributed by atoms with Crippen LogP contribution in [0.25, 0.3) is 5.65 Å². The first-order chi connectivity index (χ1) is 13.3. The molecule has 1 aromatic carbocycles. The zero-order chi connectivity index (χ0) is 18.2. The Morgan fingerprint density at radius 1 is 1.07 bits per heavy atom. The van der Waals surface area contributed by atoms with Gasteiger partial charge in [0, 0.05) is 31.9 Å².